The highest BCUT2D eigenvalue weighted by Crippen LogP contribution is 2.21. The van der Waals surface area contributed by atoms with E-state index in [2.05, 4.69) is 4.57 Å². The van der Waals surface area contributed by atoms with Crippen LogP contribution in [0, 0.1) is 5.82 Å². The number of halogens is 1. The lowest BCUT2D eigenvalue weighted by Crippen LogP contribution is -1.98. The van der Waals surface area contributed by atoms with Crippen molar-refractivity contribution in [3.63, 3.8) is 0 Å². The Labute approximate surface area is 110 Å². The molecule has 0 radical (unpaired) electrons. The first kappa shape index (κ1) is 11.9. The third-order valence-electron chi connectivity index (χ3n) is 3.34. The van der Waals surface area contributed by atoms with Crippen LogP contribution in [0.25, 0.3) is 10.9 Å². The van der Waals surface area contributed by atoms with Gasteiger partial charge in [0.25, 0.3) is 0 Å². The minimum atomic E-state index is -0.219. The summed E-state index contributed by atoms with van der Waals surface area (Å²) in [6.07, 6.45) is 1.99. The largest absolute Gasteiger partial charge is 0.392 e. The van der Waals surface area contributed by atoms with Crippen molar-refractivity contribution in [3.05, 3.63) is 71.7 Å². The summed E-state index contributed by atoms with van der Waals surface area (Å²) in [5.74, 6) is -0.219. The van der Waals surface area contributed by atoms with Crippen molar-refractivity contribution in [2.45, 2.75) is 13.2 Å². The lowest BCUT2D eigenvalue weighted by molar-refractivity contribution is 0.283. The van der Waals surface area contributed by atoms with Crippen molar-refractivity contribution >= 4 is 10.9 Å². The Morgan fingerprint density at radius 1 is 1.00 bits per heavy atom. The Balaban J connectivity index is 1.99. The SMILES string of the molecule is OCc1cccc2c1ccn2Cc1ccc(F)cc1. The highest BCUT2D eigenvalue weighted by molar-refractivity contribution is 5.83. The molecule has 3 heteroatoms. The third-order valence-corrected chi connectivity index (χ3v) is 3.34. The van der Waals surface area contributed by atoms with E-state index in [-0.39, 0.29) is 12.4 Å². The second-order valence-corrected chi connectivity index (χ2v) is 4.58. The molecular weight excluding hydrogens is 241 g/mol. The van der Waals surface area contributed by atoms with Crippen LogP contribution in [-0.4, -0.2) is 9.67 Å². The highest BCUT2D eigenvalue weighted by atomic mass is 19.1. The number of hydrogen-bond acceptors (Lipinski definition) is 1. The van der Waals surface area contributed by atoms with E-state index in [0.29, 0.717) is 6.54 Å². The maximum absolute atomic E-state index is 12.9. The molecule has 0 aliphatic rings. The Bertz CT molecular complexity index is 700. The van der Waals surface area contributed by atoms with E-state index in [1.54, 1.807) is 12.1 Å². The standard InChI is InChI=1S/C16H14FNO/c17-14-6-4-12(5-7-14)10-18-9-8-15-13(11-19)2-1-3-16(15)18/h1-9,19H,10-11H2. The van der Waals surface area contributed by atoms with Gasteiger partial charge in [0.15, 0.2) is 0 Å². The van der Waals surface area contributed by atoms with Crippen LogP contribution in [0.4, 0.5) is 4.39 Å². The van der Waals surface area contributed by atoms with Crippen molar-refractivity contribution in [1.29, 1.82) is 0 Å². The van der Waals surface area contributed by atoms with Crippen LogP contribution < -0.4 is 0 Å². The minimum absolute atomic E-state index is 0.0396. The quantitative estimate of drug-likeness (QED) is 0.763. The van der Waals surface area contributed by atoms with Gasteiger partial charge in [-0.3, -0.25) is 0 Å². The van der Waals surface area contributed by atoms with E-state index in [1.807, 2.05) is 30.5 Å². The number of fused-ring (bicyclic) bond motifs is 1. The first-order chi connectivity index (χ1) is 9.28. The van der Waals surface area contributed by atoms with Gasteiger partial charge in [-0.1, -0.05) is 24.3 Å². The van der Waals surface area contributed by atoms with Crippen molar-refractivity contribution in [2.24, 2.45) is 0 Å². The highest BCUT2D eigenvalue weighted by Gasteiger charge is 2.05. The topological polar surface area (TPSA) is 25.2 Å². The van der Waals surface area contributed by atoms with Crippen molar-refractivity contribution in [2.75, 3.05) is 0 Å². The number of rotatable bonds is 3. The fourth-order valence-corrected chi connectivity index (χ4v) is 2.35. The smallest absolute Gasteiger partial charge is 0.123 e. The van der Waals surface area contributed by atoms with E-state index >= 15 is 0 Å². The summed E-state index contributed by atoms with van der Waals surface area (Å²) in [7, 11) is 0. The maximum Gasteiger partial charge on any atom is 0.123 e. The summed E-state index contributed by atoms with van der Waals surface area (Å²) >= 11 is 0. The molecule has 1 N–H and O–H groups in total. The van der Waals surface area contributed by atoms with Gasteiger partial charge in [0, 0.05) is 23.6 Å². The molecule has 0 unspecified atom stereocenters. The first-order valence-corrected chi connectivity index (χ1v) is 6.20. The third kappa shape index (κ3) is 2.25. The molecule has 3 aromatic rings. The summed E-state index contributed by atoms with van der Waals surface area (Å²) < 4.78 is 15.0. The molecule has 1 aromatic heterocycles. The second kappa shape index (κ2) is 4.86. The lowest BCUT2D eigenvalue weighted by Gasteiger charge is -2.06. The van der Waals surface area contributed by atoms with Gasteiger partial charge in [0.1, 0.15) is 5.82 Å². The van der Waals surface area contributed by atoms with Gasteiger partial charge in [0.05, 0.1) is 6.61 Å². The van der Waals surface area contributed by atoms with Gasteiger partial charge in [-0.05, 0) is 35.4 Å². The van der Waals surface area contributed by atoms with E-state index in [4.69, 9.17) is 0 Å². The Hall–Kier alpha value is -2.13. The number of aliphatic hydroxyl groups excluding tert-OH is 1. The molecule has 0 fully saturated rings. The Morgan fingerprint density at radius 2 is 1.79 bits per heavy atom. The van der Waals surface area contributed by atoms with Gasteiger partial charge >= 0.3 is 0 Å². The monoisotopic (exact) mass is 255 g/mol. The molecular formula is C16H14FNO. The molecule has 2 aromatic carbocycles. The average Bonchev–Trinajstić information content (AvgIpc) is 2.84. The molecule has 3 rings (SSSR count). The Morgan fingerprint density at radius 3 is 2.53 bits per heavy atom. The fraction of sp³-hybridized carbons (Fsp3) is 0.125. The molecule has 0 atom stereocenters. The number of benzene rings is 2. The summed E-state index contributed by atoms with van der Waals surface area (Å²) in [5.41, 5.74) is 3.06. The van der Waals surface area contributed by atoms with Crippen LogP contribution in [0.1, 0.15) is 11.1 Å². The zero-order valence-electron chi connectivity index (χ0n) is 10.4. The maximum atomic E-state index is 12.9. The normalized spacial score (nSPS) is 11.1. The second-order valence-electron chi connectivity index (χ2n) is 4.58. The number of aliphatic hydroxyl groups is 1. The van der Waals surface area contributed by atoms with E-state index < -0.39 is 0 Å². The van der Waals surface area contributed by atoms with Gasteiger partial charge in [-0.2, -0.15) is 0 Å². The minimum Gasteiger partial charge on any atom is -0.392 e. The van der Waals surface area contributed by atoms with Crippen LogP contribution in [0.15, 0.2) is 54.7 Å². The van der Waals surface area contributed by atoms with Gasteiger partial charge in [-0.15, -0.1) is 0 Å². The van der Waals surface area contributed by atoms with E-state index in [1.165, 1.54) is 12.1 Å². The predicted molar refractivity (Wildman–Crippen MR) is 73.4 cm³/mol. The van der Waals surface area contributed by atoms with E-state index in [9.17, 15) is 9.50 Å². The summed E-state index contributed by atoms with van der Waals surface area (Å²) in [4.78, 5) is 0. The molecule has 0 saturated carbocycles. The van der Waals surface area contributed by atoms with Gasteiger partial charge in [-0.25, -0.2) is 4.39 Å². The van der Waals surface area contributed by atoms with Crippen molar-refractivity contribution in [1.82, 2.24) is 4.57 Å². The van der Waals surface area contributed by atoms with Crippen molar-refractivity contribution < 1.29 is 9.50 Å². The van der Waals surface area contributed by atoms with Crippen LogP contribution in [0.3, 0.4) is 0 Å². The zero-order valence-corrected chi connectivity index (χ0v) is 10.4. The molecule has 0 aliphatic heterocycles. The van der Waals surface area contributed by atoms with Gasteiger partial charge in [0.2, 0.25) is 0 Å². The molecule has 2 nitrogen and oxygen atoms in total. The summed E-state index contributed by atoms with van der Waals surface area (Å²) in [6.45, 7) is 0.733. The Kier molecular flexibility index (Phi) is 3.05. The molecule has 96 valence electrons. The number of hydrogen-bond donors (Lipinski definition) is 1. The predicted octanol–water partition coefficient (Wildman–Crippen LogP) is 3.32. The van der Waals surface area contributed by atoms with Crippen LogP contribution in [0.5, 0.6) is 0 Å². The van der Waals surface area contributed by atoms with Gasteiger partial charge < -0.3 is 9.67 Å². The average molecular weight is 255 g/mol. The summed E-state index contributed by atoms with van der Waals surface area (Å²) in [5, 5.41) is 10.4. The zero-order chi connectivity index (χ0) is 13.2. The molecule has 19 heavy (non-hydrogen) atoms. The molecule has 0 spiro atoms. The molecule has 0 amide bonds. The fourth-order valence-electron chi connectivity index (χ4n) is 2.35. The molecule has 0 aliphatic carbocycles. The van der Waals surface area contributed by atoms with E-state index in [0.717, 1.165) is 22.0 Å². The number of aromatic nitrogens is 1. The first-order valence-electron chi connectivity index (χ1n) is 6.20. The summed E-state index contributed by atoms with van der Waals surface area (Å²) in [6, 6.07) is 14.4. The lowest BCUT2D eigenvalue weighted by atomic mass is 10.1. The van der Waals surface area contributed by atoms with Crippen LogP contribution in [-0.2, 0) is 13.2 Å². The van der Waals surface area contributed by atoms with Crippen LogP contribution in [0.2, 0.25) is 0 Å². The molecule has 0 bridgehead atoms. The number of nitrogens with zero attached hydrogens (tertiary/aromatic N) is 1. The molecule has 0 saturated heterocycles. The molecule has 1 heterocycles. The van der Waals surface area contributed by atoms with Crippen molar-refractivity contribution in [3.8, 4) is 0 Å². The van der Waals surface area contributed by atoms with Crippen LogP contribution >= 0.6 is 0 Å².